The molecular weight excluding hydrogens is 220 g/mol. The van der Waals surface area contributed by atoms with Crippen LogP contribution in [-0.2, 0) is 0 Å². The summed E-state index contributed by atoms with van der Waals surface area (Å²) in [5.74, 6) is 1.82. The molecule has 2 aliphatic rings. The van der Waals surface area contributed by atoms with E-state index in [1.165, 1.54) is 51.9 Å². The molecule has 1 N–H and O–H groups in total. The van der Waals surface area contributed by atoms with Crippen LogP contribution in [0, 0.1) is 11.8 Å². The van der Waals surface area contributed by atoms with E-state index < -0.39 is 0 Å². The zero-order valence-corrected chi connectivity index (χ0v) is 11.6. The molecule has 2 saturated heterocycles. The number of rotatable bonds is 2. The van der Waals surface area contributed by atoms with E-state index in [1.54, 1.807) is 0 Å². The monoisotopic (exact) mass is 246 g/mol. The van der Waals surface area contributed by atoms with Crippen molar-refractivity contribution in [1.29, 1.82) is 0 Å². The fraction of sp³-hybridized carbons (Fsp3) is 1.00. The quantitative estimate of drug-likeness (QED) is 0.806. The van der Waals surface area contributed by atoms with Crippen molar-refractivity contribution >= 4 is 12.4 Å². The standard InChI is InChI=1S/C13H26N2.ClH/c1-11-5-6-12(2)15(9-11)10-13-4-3-7-14-8-13;/h11-14H,3-10H2,1-2H3;1H. The van der Waals surface area contributed by atoms with Gasteiger partial charge in [-0.1, -0.05) is 6.92 Å². The first kappa shape index (κ1) is 14.3. The zero-order chi connectivity index (χ0) is 10.7. The van der Waals surface area contributed by atoms with Gasteiger partial charge in [0.25, 0.3) is 0 Å². The fourth-order valence-corrected chi connectivity index (χ4v) is 3.05. The van der Waals surface area contributed by atoms with Crippen molar-refractivity contribution in [2.45, 2.75) is 45.6 Å². The first-order valence-electron chi connectivity index (χ1n) is 6.70. The van der Waals surface area contributed by atoms with Crippen molar-refractivity contribution < 1.29 is 0 Å². The van der Waals surface area contributed by atoms with Crippen LogP contribution in [0.15, 0.2) is 0 Å². The van der Waals surface area contributed by atoms with Crippen molar-refractivity contribution in [2.24, 2.45) is 11.8 Å². The second-order valence-corrected chi connectivity index (χ2v) is 5.70. The van der Waals surface area contributed by atoms with Crippen LogP contribution >= 0.6 is 12.4 Å². The maximum Gasteiger partial charge on any atom is 0.00672 e. The molecular formula is C13H27ClN2. The summed E-state index contributed by atoms with van der Waals surface area (Å²) in [6.45, 7) is 9.95. The Morgan fingerprint density at radius 3 is 2.69 bits per heavy atom. The third-order valence-electron chi connectivity index (χ3n) is 4.14. The molecule has 2 nitrogen and oxygen atoms in total. The molecule has 2 heterocycles. The van der Waals surface area contributed by atoms with Gasteiger partial charge in [-0.2, -0.15) is 0 Å². The Morgan fingerprint density at radius 1 is 1.19 bits per heavy atom. The first-order chi connectivity index (χ1) is 7.25. The highest BCUT2D eigenvalue weighted by Gasteiger charge is 2.25. The van der Waals surface area contributed by atoms with Gasteiger partial charge in [0, 0.05) is 19.1 Å². The predicted molar refractivity (Wildman–Crippen MR) is 72.3 cm³/mol. The van der Waals surface area contributed by atoms with Crippen LogP contribution in [-0.4, -0.2) is 37.1 Å². The second kappa shape index (κ2) is 6.83. The second-order valence-electron chi connectivity index (χ2n) is 5.70. The molecule has 0 bridgehead atoms. The molecule has 0 amide bonds. The van der Waals surface area contributed by atoms with E-state index in [0.29, 0.717) is 0 Å². The lowest BCUT2D eigenvalue weighted by Gasteiger charge is -2.39. The number of hydrogen-bond donors (Lipinski definition) is 1. The normalized spacial score (nSPS) is 36.8. The van der Waals surface area contributed by atoms with Crippen LogP contribution in [0.2, 0.25) is 0 Å². The molecule has 0 aromatic heterocycles. The Hall–Kier alpha value is 0.210. The van der Waals surface area contributed by atoms with Crippen LogP contribution < -0.4 is 5.32 Å². The van der Waals surface area contributed by atoms with Crippen molar-refractivity contribution in [2.75, 3.05) is 26.2 Å². The molecule has 2 aliphatic heterocycles. The summed E-state index contributed by atoms with van der Waals surface area (Å²) in [4.78, 5) is 2.73. The molecule has 96 valence electrons. The number of hydrogen-bond acceptors (Lipinski definition) is 2. The van der Waals surface area contributed by atoms with E-state index in [1.807, 2.05) is 0 Å². The van der Waals surface area contributed by atoms with Crippen molar-refractivity contribution in [3.8, 4) is 0 Å². The van der Waals surface area contributed by atoms with Gasteiger partial charge < -0.3 is 10.2 Å². The molecule has 0 aliphatic carbocycles. The molecule has 0 saturated carbocycles. The molecule has 2 fully saturated rings. The van der Waals surface area contributed by atoms with Crippen molar-refractivity contribution in [3.05, 3.63) is 0 Å². The number of nitrogens with zero attached hydrogens (tertiary/aromatic N) is 1. The van der Waals surface area contributed by atoms with Gasteiger partial charge in [-0.3, -0.25) is 0 Å². The average Bonchev–Trinajstić information content (AvgIpc) is 2.25. The number of likely N-dealkylation sites (tertiary alicyclic amines) is 1. The first-order valence-corrected chi connectivity index (χ1v) is 6.70. The molecule has 0 aromatic carbocycles. The fourth-order valence-electron chi connectivity index (χ4n) is 3.05. The Balaban J connectivity index is 0.00000128. The summed E-state index contributed by atoms with van der Waals surface area (Å²) < 4.78 is 0. The molecule has 0 spiro atoms. The van der Waals surface area contributed by atoms with Crippen LogP contribution in [0.3, 0.4) is 0 Å². The van der Waals surface area contributed by atoms with Gasteiger partial charge in [0.15, 0.2) is 0 Å². The van der Waals surface area contributed by atoms with Crippen molar-refractivity contribution in [3.63, 3.8) is 0 Å². The van der Waals surface area contributed by atoms with E-state index in [9.17, 15) is 0 Å². The topological polar surface area (TPSA) is 15.3 Å². The van der Waals surface area contributed by atoms with E-state index in [4.69, 9.17) is 0 Å². The van der Waals surface area contributed by atoms with Gasteiger partial charge in [0.2, 0.25) is 0 Å². The lowest BCUT2D eigenvalue weighted by atomic mass is 9.92. The third kappa shape index (κ3) is 3.90. The highest BCUT2D eigenvalue weighted by molar-refractivity contribution is 5.85. The minimum Gasteiger partial charge on any atom is -0.316 e. The number of nitrogens with one attached hydrogen (secondary N) is 1. The largest absolute Gasteiger partial charge is 0.316 e. The molecule has 3 unspecified atom stereocenters. The van der Waals surface area contributed by atoms with Crippen LogP contribution in [0.4, 0.5) is 0 Å². The van der Waals surface area contributed by atoms with Gasteiger partial charge in [0.1, 0.15) is 0 Å². The Labute approximate surface area is 107 Å². The smallest absolute Gasteiger partial charge is 0.00672 e. The molecule has 2 rings (SSSR count). The summed E-state index contributed by atoms with van der Waals surface area (Å²) >= 11 is 0. The van der Waals surface area contributed by atoms with Crippen LogP contribution in [0.5, 0.6) is 0 Å². The van der Waals surface area contributed by atoms with Gasteiger partial charge >= 0.3 is 0 Å². The molecule has 16 heavy (non-hydrogen) atoms. The maximum atomic E-state index is 3.52. The molecule has 0 radical (unpaired) electrons. The van der Waals surface area contributed by atoms with Gasteiger partial charge in [-0.05, 0) is 57.5 Å². The van der Waals surface area contributed by atoms with Crippen LogP contribution in [0.25, 0.3) is 0 Å². The minimum atomic E-state index is 0. The summed E-state index contributed by atoms with van der Waals surface area (Å²) in [5, 5.41) is 3.52. The summed E-state index contributed by atoms with van der Waals surface area (Å²) in [6, 6.07) is 0.822. The Morgan fingerprint density at radius 2 is 2.00 bits per heavy atom. The summed E-state index contributed by atoms with van der Waals surface area (Å²) in [7, 11) is 0. The van der Waals surface area contributed by atoms with Crippen molar-refractivity contribution in [1.82, 2.24) is 10.2 Å². The zero-order valence-electron chi connectivity index (χ0n) is 10.7. The molecule has 3 heteroatoms. The van der Waals surface area contributed by atoms with Gasteiger partial charge in [-0.15, -0.1) is 12.4 Å². The van der Waals surface area contributed by atoms with E-state index >= 15 is 0 Å². The van der Waals surface area contributed by atoms with Gasteiger partial charge in [0.05, 0.1) is 0 Å². The van der Waals surface area contributed by atoms with E-state index in [2.05, 4.69) is 24.1 Å². The SMILES string of the molecule is CC1CCC(C)N(CC2CCCNC2)C1.Cl. The Bertz CT molecular complexity index is 192. The van der Waals surface area contributed by atoms with Gasteiger partial charge in [-0.25, -0.2) is 0 Å². The van der Waals surface area contributed by atoms with E-state index in [-0.39, 0.29) is 12.4 Å². The number of piperidine rings is 2. The minimum absolute atomic E-state index is 0. The van der Waals surface area contributed by atoms with E-state index in [0.717, 1.165) is 17.9 Å². The maximum absolute atomic E-state index is 3.52. The average molecular weight is 247 g/mol. The predicted octanol–water partition coefficient (Wildman–Crippen LogP) is 2.53. The molecule has 3 atom stereocenters. The highest BCUT2D eigenvalue weighted by atomic mass is 35.5. The number of halogens is 1. The summed E-state index contributed by atoms with van der Waals surface area (Å²) in [5.41, 5.74) is 0. The highest BCUT2D eigenvalue weighted by Crippen LogP contribution is 2.23. The van der Waals surface area contributed by atoms with Crippen LogP contribution in [0.1, 0.15) is 39.5 Å². The molecule has 0 aromatic rings. The third-order valence-corrected chi connectivity index (χ3v) is 4.14. The summed E-state index contributed by atoms with van der Waals surface area (Å²) in [6.07, 6.45) is 5.65. The lowest BCUT2D eigenvalue weighted by molar-refractivity contribution is 0.0985. The lowest BCUT2D eigenvalue weighted by Crippen LogP contribution is -2.46. The Kier molecular flexibility index (Phi) is 6.09.